The highest BCUT2D eigenvalue weighted by atomic mass is 16.5. The predicted octanol–water partition coefficient (Wildman–Crippen LogP) is 1.47. The molecule has 1 aromatic rings. The Morgan fingerprint density at radius 1 is 0.939 bits per heavy atom. The summed E-state index contributed by atoms with van der Waals surface area (Å²) in [6.45, 7) is 8.39. The quantitative estimate of drug-likeness (QED) is 0.269. The maximum absolute atomic E-state index is 12.6. The second-order valence-electron chi connectivity index (χ2n) is 6.91. The highest BCUT2D eigenvalue weighted by molar-refractivity contribution is 5.98. The molecular formula is C22H35N5O6. The summed E-state index contributed by atoms with van der Waals surface area (Å²) in [5.74, 6) is -1.87. The third-order valence-corrected chi connectivity index (χ3v) is 4.38. The van der Waals surface area contributed by atoms with Crippen LogP contribution in [0.15, 0.2) is 29.4 Å². The molecule has 11 nitrogen and oxygen atoms in total. The minimum absolute atomic E-state index is 0.000800. The Labute approximate surface area is 194 Å². The maximum atomic E-state index is 12.6. The van der Waals surface area contributed by atoms with Crippen LogP contribution in [0, 0.1) is 4.91 Å². The third-order valence-electron chi connectivity index (χ3n) is 4.38. The van der Waals surface area contributed by atoms with E-state index < -0.39 is 35.9 Å². The van der Waals surface area contributed by atoms with E-state index in [0.717, 1.165) is 5.56 Å². The lowest BCUT2D eigenvalue weighted by Crippen LogP contribution is -2.54. The van der Waals surface area contributed by atoms with Gasteiger partial charge < -0.3 is 26.0 Å². The largest absolute Gasteiger partial charge is 0.461 e. The number of carbonyl (C=O) groups is 4. The van der Waals surface area contributed by atoms with Gasteiger partial charge in [0.05, 0.1) is 12.6 Å². The summed E-state index contributed by atoms with van der Waals surface area (Å²) < 4.78 is 4.90. The maximum Gasteiger partial charge on any atom is 0.302 e. The molecule has 0 radical (unpaired) electrons. The van der Waals surface area contributed by atoms with Crippen molar-refractivity contribution in [2.75, 3.05) is 18.9 Å². The predicted molar refractivity (Wildman–Crippen MR) is 125 cm³/mol. The first-order chi connectivity index (χ1) is 15.7. The van der Waals surface area contributed by atoms with Crippen LogP contribution in [-0.2, 0) is 30.5 Å². The van der Waals surface area contributed by atoms with E-state index in [2.05, 4.69) is 26.4 Å². The summed E-state index contributed by atoms with van der Waals surface area (Å²) in [6.07, 6.45) is -0.000800. The lowest BCUT2D eigenvalue weighted by Gasteiger charge is -2.21. The molecule has 184 valence electrons. The molecule has 0 spiro atoms. The van der Waals surface area contributed by atoms with Gasteiger partial charge in [0.1, 0.15) is 18.7 Å². The van der Waals surface area contributed by atoms with Crippen molar-refractivity contribution < 1.29 is 23.9 Å². The zero-order chi connectivity index (χ0) is 25.4. The molecule has 0 saturated carbocycles. The van der Waals surface area contributed by atoms with Gasteiger partial charge >= 0.3 is 5.97 Å². The number of amides is 3. The molecule has 0 aromatic heterocycles. The lowest BCUT2D eigenvalue weighted by atomic mass is 10.1. The number of anilines is 1. The van der Waals surface area contributed by atoms with Crippen molar-refractivity contribution in [1.82, 2.24) is 16.0 Å². The molecule has 1 aromatic carbocycles. The molecule has 3 atom stereocenters. The topological polar surface area (TPSA) is 155 Å². The molecule has 11 heteroatoms. The van der Waals surface area contributed by atoms with Gasteiger partial charge in [0.15, 0.2) is 0 Å². The van der Waals surface area contributed by atoms with Crippen molar-refractivity contribution in [2.45, 2.75) is 65.8 Å². The minimum Gasteiger partial charge on any atom is -0.461 e. The molecule has 0 unspecified atom stereocenters. The van der Waals surface area contributed by atoms with Gasteiger partial charge in [-0.15, -0.1) is 0 Å². The molecule has 1 rings (SSSR count). The number of ether oxygens (including phenoxy) is 1. The van der Waals surface area contributed by atoms with Crippen LogP contribution in [-0.4, -0.2) is 55.4 Å². The van der Waals surface area contributed by atoms with E-state index in [4.69, 9.17) is 4.74 Å². The van der Waals surface area contributed by atoms with E-state index in [1.807, 2.05) is 13.8 Å². The van der Waals surface area contributed by atoms with Gasteiger partial charge in [-0.05, 0) is 45.0 Å². The van der Waals surface area contributed by atoms with Crippen LogP contribution in [0.1, 0.15) is 46.6 Å². The highest BCUT2D eigenvalue weighted by Gasteiger charge is 2.25. The molecule has 3 amide bonds. The highest BCUT2D eigenvalue weighted by Crippen LogP contribution is 2.11. The zero-order valence-electron chi connectivity index (χ0n) is 20.1. The van der Waals surface area contributed by atoms with Crippen molar-refractivity contribution in [2.24, 2.45) is 5.18 Å². The fourth-order valence-corrected chi connectivity index (χ4v) is 2.38. The van der Waals surface area contributed by atoms with Crippen molar-refractivity contribution in [1.29, 1.82) is 0 Å². The SMILES string of the molecule is CC.CN[C@@H](C)C(=O)N[C@@H](C)C(=O)N[C@@H](CCN=O)C(=O)Nc1ccc(COC(C)=O)cc1. The van der Waals surface area contributed by atoms with E-state index in [1.54, 1.807) is 38.2 Å². The summed E-state index contributed by atoms with van der Waals surface area (Å²) in [5, 5.41) is 13.2. The number of carbonyl (C=O) groups excluding carboxylic acids is 4. The summed E-state index contributed by atoms with van der Waals surface area (Å²) in [6, 6.07) is 4.21. The molecule has 4 N–H and O–H groups in total. The van der Waals surface area contributed by atoms with Crippen LogP contribution < -0.4 is 21.3 Å². The van der Waals surface area contributed by atoms with E-state index in [1.165, 1.54) is 13.8 Å². The number of nitrogens with zero attached hydrogens (tertiary/aromatic N) is 1. The Morgan fingerprint density at radius 3 is 2.03 bits per heavy atom. The molecule has 0 aliphatic rings. The van der Waals surface area contributed by atoms with Crippen LogP contribution in [0.2, 0.25) is 0 Å². The number of rotatable bonds is 12. The van der Waals surface area contributed by atoms with Gasteiger partial charge in [0, 0.05) is 12.6 Å². The van der Waals surface area contributed by atoms with E-state index in [9.17, 15) is 24.1 Å². The smallest absolute Gasteiger partial charge is 0.302 e. The third kappa shape index (κ3) is 11.7. The van der Waals surface area contributed by atoms with Crippen LogP contribution in [0.5, 0.6) is 0 Å². The number of hydrogen-bond acceptors (Lipinski definition) is 8. The molecule has 33 heavy (non-hydrogen) atoms. The number of nitrogens with one attached hydrogen (secondary N) is 4. The Hall–Kier alpha value is -3.34. The summed E-state index contributed by atoms with van der Waals surface area (Å²) >= 11 is 0. The monoisotopic (exact) mass is 465 g/mol. The lowest BCUT2D eigenvalue weighted by molar-refractivity contribution is -0.142. The molecule has 0 aliphatic carbocycles. The van der Waals surface area contributed by atoms with Crippen LogP contribution in [0.3, 0.4) is 0 Å². The average molecular weight is 466 g/mol. The van der Waals surface area contributed by atoms with Gasteiger partial charge in [-0.1, -0.05) is 31.2 Å². The molecule has 0 fully saturated rings. The van der Waals surface area contributed by atoms with Crippen LogP contribution in [0.25, 0.3) is 0 Å². The van der Waals surface area contributed by atoms with Gasteiger partial charge in [-0.3, -0.25) is 19.2 Å². The summed E-state index contributed by atoms with van der Waals surface area (Å²) in [7, 11) is 1.62. The molecule has 0 bridgehead atoms. The second-order valence-corrected chi connectivity index (χ2v) is 6.91. The fraction of sp³-hybridized carbons (Fsp3) is 0.545. The zero-order valence-corrected chi connectivity index (χ0v) is 20.1. The Bertz CT molecular complexity index is 784. The molecule has 0 heterocycles. The first kappa shape index (κ1) is 29.7. The van der Waals surface area contributed by atoms with Gasteiger partial charge in [-0.2, -0.15) is 4.91 Å². The van der Waals surface area contributed by atoms with E-state index >= 15 is 0 Å². The van der Waals surface area contributed by atoms with Crippen molar-refractivity contribution in [3.63, 3.8) is 0 Å². The first-order valence-electron chi connectivity index (χ1n) is 10.8. The average Bonchev–Trinajstić information content (AvgIpc) is 2.81. The number of nitroso groups, excluding NO2 is 1. The fourth-order valence-electron chi connectivity index (χ4n) is 2.38. The minimum atomic E-state index is -1.02. The van der Waals surface area contributed by atoms with Gasteiger partial charge in [-0.25, -0.2) is 0 Å². The summed E-state index contributed by atoms with van der Waals surface area (Å²) in [5.41, 5.74) is 1.20. The number of hydrogen-bond donors (Lipinski definition) is 4. The van der Waals surface area contributed by atoms with E-state index in [0.29, 0.717) is 5.69 Å². The summed E-state index contributed by atoms with van der Waals surface area (Å²) in [4.78, 5) is 58.3. The number of benzene rings is 1. The Morgan fingerprint density at radius 2 is 1.52 bits per heavy atom. The molecular weight excluding hydrogens is 430 g/mol. The molecule has 0 aliphatic heterocycles. The van der Waals surface area contributed by atoms with Crippen molar-refractivity contribution in [3.8, 4) is 0 Å². The first-order valence-corrected chi connectivity index (χ1v) is 10.8. The Kier molecular flexibility index (Phi) is 14.7. The van der Waals surface area contributed by atoms with Crippen molar-refractivity contribution >= 4 is 29.4 Å². The van der Waals surface area contributed by atoms with Gasteiger partial charge in [0.2, 0.25) is 17.7 Å². The van der Waals surface area contributed by atoms with Crippen molar-refractivity contribution in [3.05, 3.63) is 34.7 Å². The number of esters is 1. The van der Waals surface area contributed by atoms with Crippen LogP contribution >= 0.6 is 0 Å². The second kappa shape index (κ2) is 16.3. The van der Waals surface area contributed by atoms with Gasteiger partial charge in [0.25, 0.3) is 0 Å². The standard InChI is InChI=1S/C20H29N5O6.C2H6/c1-12(21-4)18(27)23-13(2)19(28)25-17(9-10-22-30)20(29)24-16-7-5-15(6-8-16)11-31-14(3)26;1-2/h5-8,12-13,17,21H,9-11H2,1-4H3,(H,23,27)(H,24,29)(H,25,28);1-2H3/t12-,13-,17-;/m0./s1. The van der Waals surface area contributed by atoms with E-state index in [-0.39, 0.29) is 25.5 Å². The Balaban J connectivity index is 0.00000497. The number of likely N-dealkylation sites (N-methyl/N-ethyl adjacent to an activating group) is 1. The normalized spacial score (nSPS) is 12.7. The van der Waals surface area contributed by atoms with Crippen LogP contribution in [0.4, 0.5) is 5.69 Å². The molecule has 0 saturated heterocycles.